The first-order valence-corrected chi connectivity index (χ1v) is 16.0. The second-order valence-electron chi connectivity index (χ2n) is 10.8. The molecule has 0 aromatic carbocycles. The van der Waals surface area contributed by atoms with Crippen molar-refractivity contribution in [2.75, 3.05) is 27.2 Å². The van der Waals surface area contributed by atoms with Gasteiger partial charge in [-0.3, -0.25) is 0 Å². The zero-order valence-electron chi connectivity index (χ0n) is 30.1. The van der Waals surface area contributed by atoms with Gasteiger partial charge in [0.25, 0.3) is 0 Å². The van der Waals surface area contributed by atoms with Crippen molar-refractivity contribution in [2.45, 2.75) is 106 Å². The van der Waals surface area contributed by atoms with E-state index in [2.05, 4.69) is 69.3 Å². The molecule has 1 rings (SSSR count). The van der Waals surface area contributed by atoms with E-state index in [1.165, 1.54) is 68.9 Å². The zero-order chi connectivity index (χ0) is 34.1. The summed E-state index contributed by atoms with van der Waals surface area (Å²) < 4.78 is 0. The molecule has 0 bridgehead atoms. The molecular formula is C39H72N4. The Morgan fingerprint density at radius 2 is 1.44 bits per heavy atom. The quantitative estimate of drug-likeness (QED) is 0.0915. The van der Waals surface area contributed by atoms with Gasteiger partial charge in [-0.1, -0.05) is 101 Å². The fourth-order valence-corrected chi connectivity index (χ4v) is 4.44. The molecule has 0 aromatic heterocycles. The van der Waals surface area contributed by atoms with Crippen molar-refractivity contribution in [3.63, 3.8) is 0 Å². The van der Waals surface area contributed by atoms with Gasteiger partial charge in [-0.2, -0.15) is 0 Å². The molecule has 0 amide bonds. The van der Waals surface area contributed by atoms with Gasteiger partial charge in [0.05, 0.1) is 0 Å². The summed E-state index contributed by atoms with van der Waals surface area (Å²) in [5.41, 5.74) is 12.8. The van der Waals surface area contributed by atoms with Gasteiger partial charge >= 0.3 is 0 Å². The lowest BCUT2D eigenvalue weighted by molar-refractivity contribution is 0.213. The van der Waals surface area contributed by atoms with E-state index in [1.54, 1.807) is 12.3 Å². The number of nitrogens with one attached hydrogen (secondary N) is 3. The van der Waals surface area contributed by atoms with Crippen molar-refractivity contribution in [1.82, 2.24) is 16.0 Å². The molecule has 1 aliphatic rings. The van der Waals surface area contributed by atoms with Gasteiger partial charge in [0.1, 0.15) is 0 Å². The topological polar surface area (TPSA) is 62.1 Å². The van der Waals surface area contributed by atoms with Gasteiger partial charge in [-0.15, -0.1) is 6.58 Å². The lowest BCUT2D eigenvalue weighted by Gasteiger charge is -2.37. The fraction of sp³-hybridized carbons (Fsp3) is 0.538. The largest absolute Gasteiger partial charge is 0.402 e. The van der Waals surface area contributed by atoms with E-state index in [4.69, 9.17) is 5.73 Å². The molecule has 1 aliphatic carbocycles. The van der Waals surface area contributed by atoms with Crippen molar-refractivity contribution in [3.05, 3.63) is 110 Å². The zero-order valence-corrected chi connectivity index (χ0v) is 30.1. The number of nitrogens with two attached hydrogens (primary N) is 1. The van der Waals surface area contributed by atoms with Gasteiger partial charge in [-0.25, -0.2) is 0 Å². The van der Waals surface area contributed by atoms with E-state index in [-0.39, 0.29) is 5.41 Å². The first-order chi connectivity index (χ1) is 20.4. The standard InChI is InChI=1S/C14H28N2.C10H17N.C8H12.C4H9N.C3H6/c1-13(15)14(9-5-3-6-10-14)11-7-4-8-12-16-2;1-7(2)9(5)10(11-6)8(3)4;1-4-7-8(5-2)6-3;1-3-5-4-2;1-3-2/h16H,1,3-12,15H2,2H3;11H,1,5H2,2-4,6H3;4-7H,2H2,1,3H3;3,5H,1,4H2,2H3;3H,1H2,2H3/b;;7-4-,8-6-;;. The van der Waals surface area contributed by atoms with Crippen LogP contribution in [0, 0.1) is 5.41 Å². The lowest BCUT2D eigenvalue weighted by atomic mass is 9.69. The van der Waals surface area contributed by atoms with Gasteiger partial charge in [0.15, 0.2) is 0 Å². The van der Waals surface area contributed by atoms with Gasteiger partial charge in [0.2, 0.25) is 0 Å². The number of hydrogen-bond acceptors (Lipinski definition) is 4. The third-order valence-corrected chi connectivity index (χ3v) is 6.92. The van der Waals surface area contributed by atoms with E-state index in [0.29, 0.717) is 0 Å². The van der Waals surface area contributed by atoms with Gasteiger partial charge < -0.3 is 21.7 Å². The Balaban J connectivity index is -0.000000246. The van der Waals surface area contributed by atoms with Crippen LogP contribution < -0.4 is 21.7 Å². The maximum absolute atomic E-state index is 6.04. The molecule has 1 fully saturated rings. The first kappa shape index (κ1) is 47.0. The molecule has 4 heteroatoms. The van der Waals surface area contributed by atoms with Crippen molar-refractivity contribution in [1.29, 1.82) is 0 Å². The fourth-order valence-electron chi connectivity index (χ4n) is 4.44. The Morgan fingerprint density at radius 3 is 1.70 bits per heavy atom. The molecule has 43 heavy (non-hydrogen) atoms. The smallest absolute Gasteiger partial charge is 0.0393 e. The maximum Gasteiger partial charge on any atom is 0.0393 e. The first-order valence-electron chi connectivity index (χ1n) is 16.0. The minimum absolute atomic E-state index is 0.290. The van der Waals surface area contributed by atoms with E-state index >= 15 is 0 Å². The lowest BCUT2D eigenvalue weighted by Crippen LogP contribution is -2.30. The second-order valence-corrected chi connectivity index (χ2v) is 10.8. The minimum Gasteiger partial charge on any atom is -0.402 e. The molecule has 0 unspecified atom stereocenters. The molecule has 5 N–H and O–H groups in total. The van der Waals surface area contributed by atoms with Crippen LogP contribution in [-0.2, 0) is 0 Å². The predicted molar refractivity (Wildman–Crippen MR) is 201 cm³/mol. The van der Waals surface area contributed by atoms with Crippen molar-refractivity contribution in [3.8, 4) is 0 Å². The Kier molecular flexibility index (Phi) is 36.6. The highest BCUT2D eigenvalue weighted by Crippen LogP contribution is 2.44. The summed E-state index contributed by atoms with van der Waals surface area (Å²) in [6.45, 7) is 38.3. The number of allylic oxidation sites excluding steroid dienone is 9. The van der Waals surface area contributed by atoms with Crippen LogP contribution in [0.1, 0.15) is 106 Å². The van der Waals surface area contributed by atoms with Crippen LogP contribution in [0.4, 0.5) is 0 Å². The molecule has 248 valence electrons. The number of rotatable bonds is 14. The molecule has 0 spiro atoms. The van der Waals surface area contributed by atoms with Crippen LogP contribution in [0.2, 0.25) is 0 Å². The Bertz CT molecular complexity index is 844. The molecule has 0 heterocycles. The molecule has 0 atom stereocenters. The average molecular weight is 597 g/mol. The van der Waals surface area contributed by atoms with Crippen molar-refractivity contribution < 1.29 is 0 Å². The minimum atomic E-state index is 0.290. The molecule has 1 saturated carbocycles. The average Bonchev–Trinajstić information content (AvgIpc) is 2.98. The summed E-state index contributed by atoms with van der Waals surface area (Å²) in [5.74, 6) is 0. The third-order valence-electron chi connectivity index (χ3n) is 6.92. The normalized spacial score (nSPS) is 12.9. The van der Waals surface area contributed by atoms with Crippen LogP contribution >= 0.6 is 0 Å². The van der Waals surface area contributed by atoms with Gasteiger partial charge in [-0.05, 0) is 111 Å². The van der Waals surface area contributed by atoms with Crippen LogP contribution in [0.25, 0.3) is 0 Å². The predicted octanol–water partition coefficient (Wildman–Crippen LogP) is 10.4. The highest BCUT2D eigenvalue weighted by Gasteiger charge is 2.32. The number of likely N-dealkylation sites (N-methyl/N-ethyl adjacent to an activating group) is 1. The monoisotopic (exact) mass is 597 g/mol. The molecule has 0 saturated heterocycles. The molecule has 0 aromatic rings. The number of unbranched alkanes of at least 4 members (excludes halogenated alkanes) is 2. The Labute approximate surface area is 269 Å². The van der Waals surface area contributed by atoms with Crippen LogP contribution in [0.5, 0.6) is 0 Å². The van der Waals surface area contributed by atoms with E-state index in [0.717, 1.165) is 35.6 Å². The molecule has 0 radical (unpaired) electrons. The SMILES string of the molecule is C=C(C)C(=C)C(NC)=C(C)C.C=C(N)C1(CCCCCNC)CCCCC1.C=CC.C=CC(/C=C\C)=C/C.C=CNCC. The van der Waals surface area contributed by atoms with E-state index < -0.39 is 0 Å². The van der Waals surface area contributed by atoms with Crippen molar-refractivity contribution in [2.24, 2.45) is 11.1 Å². The molecule has 0 aliphatic heterocycles. The summed E-state index contributed by atoms with van der Waals surface area (Å²) in [6, 6.07) is 0. The van der Waals surface area contributed by atoms with Crippen LogP contribution in [0.15, 0.2) is 110 Å². The molecule has 4 nitrogen and oxygen atoms in total. The Hall–Kier alpha value is -2.98. The van der Waals surface area contributed by atoms with Crippen molar-refractivity contribution >= 4 is 0 Å². The highest BCUT2D eigenvalue weighted by molar-refractivity contribution is 5.42. The summed E-state index contributed by atoms with van der Waals surface area (Å²) in [4.78, 5) is 0. The number of hydrogen-bond donors (Lipinski definition) is 4. The van der Waals surface area contributed by atoms with Gasteiger partial charge in [0, 0.05) is 30.4 Å². The third kappa shape index (κ3) is 27.6. The van der Waals surface area contributed by atoms with Crippen LogP contribution in [-0.4, -0.2) is 27.2 Å². The summed E-state index contributed by atoms with van der Waals surface area (Å²) in [7, 11) is 3.92. The van der Waals surface area contributed by atoms with E-state index in [1.807, 2.05) is 73.0 Å². The van der Waals surface area contributed by atoms with Crippen LogP contribution in [0.3, 0.4) is 0 Å². The summed E-state index contributed by atoms with van der Waals surface area (Å²) >= 11 is 0. The summed E-state index contributed by atoms with van der Waals surface area (Å²) in [6.07, 6.45) is 23.1. The summed E-state index contributed by atoms with van der Waals surface area (Å²) in [5, 5.41) is 9.17. The molecular weight excluding hydrogens is 524 g/mol. The second kappa shape index (κ2) is 33.5. The highest BCUT2D eigenvalue weighted by atomic mass is 14.8. The Morgan fingerprint density at radius 1 is 0.884 bits per heavy atom. The van der Waals surface area contributed by atoms with E-state index in [9.17, 15) is 0 Å². The maximum atomic E-state index is 6.04.